The third-order valence-electron chi connectivity index (χ3n) is 4.66. The summed E-state index contributed by atoms with van der Waals surface area (Å²) in [6.07, 6.45) is -4.17. The van der Waals surface area contributed by atoms with Gasteiger partial charge in [0, 0.05) is 12.5 Å². The third kappa shape index (κ3) is 4.99. The summed E-state index contributed by atoms with van der Waals surface area (Å²) in [5, 5.41) is 0. The van der Waals surface area contributed by atoms with Crippen LogP contribution >= 0.6 is 0 Å². The zero-order valence-electron chi connectivity index (χ0n) is 15.9. The van der Waals surface area contributed by atoms with Crippen molar-refractivity contribution in [3.8, 4) is 11.1 Å². The third-order valence-corrected chi connectivity index (χ3v) is 4.66. The second-order valence-electron chi connectivity index (χ2n) is 6.94. The smallest absolute Gasteiger partial charge is 0.311 e. The van der Waals surface area contributed by atoms with Crippen LogP contribution in [0.3, 0.4) is 0 Å². The van der Waals surface area contributed by atoms with Gasteiger partial charge in [-0.15, -0.1) is 0 Å². The molecule has 1 aromatic heterocycles. The number of hydrogen-bond donors (Lipinski definition) is 1. The number of nitrogens with one attached hydrogen (secondary N) is 1. The number of hydrogen-bond acceptors (Lipinski definition) is 3. The van der Waals surface area contributed by atoms with Crippen molar-refractivity contribution < 1.29 is 18.0 Å². The highest BCUT2D eigenvalue weighted by Crippen LogP contribution is 2.31. The Hall–Kier alpha value is -3.22. The lowest BCUT2D eigenvalue weighted by Crippen LogP contribution is -2.15. The molecule has 1 N–H and O–H groups in total. The first-order valence-electron chi connectivity index (χ1n) is 9.02. The van der Waals surface area contributed by atoms with Crippen molar-refractivity contribution in [2.24, 2.45) is 0 Å². The number of rotatable bonds is 5. The predicted octanol–water partition coefficient (Wildman–Crippen LogP) is 5.14. The fourth-order valence-corrected chi connectivity index (χ4v) is 3.08. The van der Waals surface area contributed by atoms with Crippen molar-refractivity contribution >= 4 is 5.78 Å². The van der Waals surface area contributed by atoms with Gasteiger partial charge in [0.25, 0.3) is 5.56 Å². The van der Waals surface area contributed by atoms with E-state index >= 15 is 0 Å². The molecule has 7 heteroatoms. The van der Waals surface area contributed by atoms with E-state index in [4.69, 9.17) is 0 Å². The van der Waals surface area contributed by atoms with Crippen molar-refractivity contribution in [2.75, 3.05) is 0 Å². The second kappa shape index (κ2) is 8.03. The van der Waals surface area contributed by atoms with Gasteiger partial charge >= 0.3 is 6.18 Å². The van der Waals surface area contributed by atoms with E-state index in [0.29, 0.717) is 11.4 Å². The molecule has 3 aromatic rings. The van der Waals surface area contributed by atoms with E-state index in [-0.39, 0.29) is 29.4 Å². The van der Waals surface area contributed by atoms with Gasteiger partial charge in [0.2, 0.25) is 0 Å². The summed E-state index contributed by atoms with van der Waals surface area (Å²) in [4.78, 5) is 30.5. The minimum absolute atomic E-state index is 0.106. The Morgan fingerprint density at radius 3 is 2.10 bits per heavy atom. The first kappa shape index (κ1) is 20.5. The molecule has 0 unspecified atom stereocenters. The standard InChI is InChI=1S/C22H19F3N2O2/c1-13(11-20(28)19-12-21(29)27-14(2)26-19)15-3-5-16(6-4-15)17-7-9-18(10-8-17)22(23,24)25/h3-10,12-13H,11H2,1-2H3,(H,26,27,29)/t13-/m0/s1. The Morgan fingerprint density at radius 1 is 1.03 bits per heavy atom. The van der Waals surface area contributed by atoms with Crippen molar-refractivity contribution in [3.05, 3.63) is 87.6 Å². The highest BCUT2D eigenvalue weighted by atomic mass is 19.4. The van der Waals surface area contributed by atoms with E-state index in [0.717, 1.165) is 23.3 Å². The molecule has 29 heavy (non-hydrogen) atoms. The molecule has 3 rings (SSSR count). The molecule has 0 fully saturated rings. The van der Waals surface area contributed by atoms with E-state index in [1.807, 2.05) is 31.2 Å². The lowest BCUT2D eigenvalue weighted by Gasteiger charge is -2.12. The Kier molecular flexibility index (Phi) is 5.68. The zero-order chi connectivity index (χ0) is 21.2. The molecular weight excluding hydrogens is 381 g/mol. The van der Waals surface area contributed by atoms with Crippen LogP contribution in [0.5, 0.6) is 0 Å². The molecule has 1 atom stereocenters. The minimum atomic E-state index is -4.36. The lowest BCUT2D eigenvalue weighted by molar-refractivity contribution is -0.137. The first-order valence-corrected chi connectivity index (χ1v) is 9.02. The van der Waals surface area contributed by atoms with E-state index in [1.165, 1.54) is 18.2 Å². The number of ketones is 1. The average Bonchev–Trinajstić information content (AvgIpc) is 2.66. The number of alkyl halides is 3. The van der Waals surface area contributed by atoms with Crippen molar-refractivity contribution in [3.63, 3.8) is 0 Å². The van der Waals surface area contributed by atoms with E-state index in [9.17, 15) is 22.8 Å². The van der Waals surface area contributed by atoms with Crippen molar-refractivity contribution in [2.45, 2.75) is 32.4 Å². The number of nitrogens with zero attached hydrogens (tertiary/aromatic N) is 1. The van der Waals surface area contributed by atoms with Crippen molar-refractivity contribution in [1.82, 2.24) is 9.97 Å². The molecule has 0 aliphatic heterocycles. The number of aromatic nitrogens is 2. The van der Waals surface area contributed by atoms with Crippen LogP contribution in [-0.4, -0.2) is 15.8 Å². The van der Waals surface area contributed by atoms with E-state index in [2.05, 4.69) is 9.97 Å². The van der Waals surface area contributed by atoms with Gasteiger partial charge in [-0.2, -0.15) is 13.2 Å². The van der Waals surface area contributed by atoms with Gasteiger partial charge in [-0.3, -0.25) is 9.59 Å². The van der Waals surface area contributed by atoms with Gasteiger partial charge in [0.1, 0.15) is 11.5 Å². The average molecular weight is 400 g/mol. The van der Waals surface area contributed by atoms with Gasteiger partial charge in [-0.1, -0.05) is 43.3 Å². The molecule has 0 radical (unpaired) electrons. The fraction of sp³-hybridized carbons (Fsp3) is 0.227. The van der Waals surface area contributed by atoms with Crippen LogP contribution in [-0.2, 0) is 6.18 Å². The summed E-state index contributed by atoms with van der Waals surface area (Å²) in [6, 6.07) is 13.5. The molecule has 150 valence electrons. The molecule has 0 amide bonds. The molecule has 0 saturated carbocycles. The Bertz CT molecular complexity index is 1070. The highest BCUT2D eigenvalue weighted by molar-refractivity contribution is 5.94. The van der Waals surface area contributed by atoms with Gasteiger partial charge < -0.3 is 4.98 Å². The first-order chi connectivity index (χ1) is 13.6. The van der Waals surface area contributed by atoms with Crippen LogP contribution in [0.4, 0.5) is 13.2 Å². The molecule has 0 spiro atoms. The van der Waals surface area contributed by atoms with Gasteiger partial charge in [-0.05, 0) is 41.7 Å². The molecule has 1 heterocycles. The molecule has 2 aromatic carbocycles. The highest BCUT2D eigenvalue weighted by Gasteiger charge is 2.29. The summed E-state index contributed by atoms with van der Waals surface area (Å²) in [5.74, 6) is 0.0541. The summed E-state index contributed by atoms with van der Waals surface area (Å²) in [7, 11) is 0. The van der Waals surface area contributed by atoms with E-state index in [1.54, 1.807) is 6.92 Å². The quantitative estimate of drug-likeness (QED) is 0.603. The summed E-state index contributed by atoms with van der Waals surface area (Å²) < 4.78 is 38.1. The van der Waals surface area contributed by atoms with Crippen LogP contribution in [0, 0.1) is 6.92 Å². The van der Waals surface area contributed by atoms with Crippen LogP contribution < -0.4 is 5.56 Å². The normalized spacial score (nSPS) is 12.6. The fourth-order valence-electron chi connectivity index (χ4n) is 3.08. The maximum atomic E-state index is 12.7. The molecule has 0 bridgehead atoms. The maximum absolute atomic E-state index is 12.7. The molecule has 0 saturated heterocycles. The molecule has 4 nitrogen and oxygen atoms in total. The van der Waals surface area contributed by atoms with Gasteiger partial charge in [0.15, 0.2) is 5.78 Å². The maximum Gasteiger partial charge on any atom is 0.416 e. The van der Waals surface area contributed by atoms with E-state index < -0.39 is 11.7 Å². The second-order valence-corrected chi connectivity index (χ2v) is 6.94. The Morgan fingerprint density at radius 2 is 1.59 bits per heavy atom. The number of H-pyrrole nitrogens is 1. The van der Waals surface area contributed by atoms with Crippen LogP contribution in [0.2, 0.25) is 0 Å². The van der Waals surface area contributed by atoms with Gasteiger partial charge in [-0.25, -0.2) is 4.98 Å². The number of carbonyl (C=O) groups is 1. The topological polar surface area (TPSA) is 62.8 Å². The lowest BCUT2D eigenvalue weighted by atomic mass is 9.93. The molecule has 0 aliphatic rings. The van der Waals surface area contributed by atoms with Gasteiger partial charge in [0.05, 0.1) is 5.56 Å². The number of Topliss-reactive ketones (excluding diaryl/α,β-unsaturated/α-hetero) is 1. The number of benzene rings is 2. The SMILES string of the molecule is Cc1nc(C(=O)C[C@H](C)c2ccc(-c3ccc(C(F)(F)F)cc3)cc2)cc(=O)[nH]1. The molecule has 0 aliphatic carbocycles. The van der Waals surface area contributed by atoms with Crippen molar-refractivity contribution in [1.29, 1.82) is 0 Å². The predicted molar refractivity (Wildman–Crippen MR) is 104 cm³/mol. The summed E-state index contributed by atoms with van der Waals surface area (Å²) >= 11 is 0. The number of carbonyl (C=O) groups excluding carboxylic acids is 1. The number of aromatic amines is 1. The van der Waals surface area contributed by atoms with Crippen LogP contribution in [0.1, 0.15) is 46.7 Å². The minimum Gasteiger partial charge on any atom is -0.311 e. The summed E-state index contributed by atoms with van der Waals surface area (Å²) in [5.41, 5.74) is 1.46. The Balaban J connectivity index is 1.72. The molecular formula is C22H19F3N2O2. The zero-order valence-corrected chi connectivity index (χ0v) is 15.9. The Labute approximate surface area is 165 Å². The number of aryl methyl sites for hydroxylation is 1. The largest absolute Gasteiger partial charge is 0.416 e. The summed E-state index contributed by atoms with van der Waals surface area (Å²) in [6.45, 7) is 3.51. The monoisotopic (exact) mass is 400 g/mol. The van der Waals surface area contributed by atoms with Crippen LogP contribution in [0.15, 0.2) is 59.4 Å². The number of halogens is 3. The van der Waals surface area contributed by atoms with Crippen LogP contribution in [0.25, 0.3) is 11.1 Å².